The van der Waals surface area contributed by atoms with E-state index in [0.717, 1.165) is 35.5 Å². The number of hydrogen-bond acceptors (Lipinski definition) is 0. The average Bonchev–Trinajstić information content (AvgIpc) is 3.72. The van der Waals surface area contributed by atoms with Crippen LogP contribution in [0, 0.1) is 42.4 Å². The highest BCUT2D eigenvalue weighted by molar-refractivity contribution is 6.90. The van der Waals surface area contributed by atoms with Gasteiger partial charge in [-0.1, -0.05) is 65.8 Å². The molecule has 0 spiro atoms. The van der Waals surface area contributed by atoms with Crippen molar-refractivity contribution in [1.29, 1.82) is 0 Å². The number of rotatable bonds is 2. The first-order valence-electron chi connectivity index (χ1n) is 25.1. The standard InChI is InChI=1S/C59H63BN2/c1-32-12-45-48-24-42(59-29-36-17-37(30-59)19-38(18-36)31-59)23-46-44-21-40(58-26-33-14-34(27-58)16-35(15-33)28-58)9-11-51(44)62(54(46)48)60-49-25-41(57(5,6)7)22-47-43-20-39(56(2,3)4)8-10-50(43)61(55(47)49)52(13-32)53(45)60/h8-13,20-25,33-38H,14-19,26-31H2,1-7H3. The third-order valence-electron chi connectivity index (χ3n) is 19.5. The van der Waals surface area contributed by atoms with Crippen LogP contribution in [0.25, 0.3) is 60.4 Å². The van der Waals surface area contributed by atoms with Gasteiger partial charge in [0.05, 0.1) is 11.0 Å². The summed E-state index contributed by atoms with van der Waals surface area (Å²) in [5.41, 5.74) is 21.5. The van der Waals surface area contributed by atoms with E-state index in [-0.39, 0.29) is 17.7 Å². The minimum absolute atomic E-state index is 0.0112. The molecule has 2 aromatic heterocycles. The van der Waals surface area contributed by atoms with Crippen LogP contribution in [0.4, 0.5) is 0 Å². The van der Waals surface area contributed by atoms with Gasteiger partial charge in [-0.15, -0.1) is 0 Å². The van der Waals surface area contributed by atoms with Gasteiger partial charge in [-0.25, -0.2) is 0 Å². The van der Waals surface area contributed by atoms with Gasteiger partial charge in [0, 0.05) is 43.8 Å². The van der Waals surface area contributed by atoms with Crippen molar-refractivity contribution in [3.63, 3.8) is 0 Å². The monoisotopic (exact) mass is 811 g/mol. The fourth-order valence-corrected chi connectivity index (χ4v) is 17.7. The third kappa shape index (κ3) is 4.55. The van der Waals surface area contributed by atoms with Gasteiger partial charge in [0.15, 0.2) is 0 Å². The van der Waals surface area contributed by atoms with Gasteiger partial charge in [-0.05, 0) is 234 Å². The van der Waals surface area contributed by atoms with Crippen LogP contribution in [0.15, 0.2) is 72.8 Å². The fourth-order valence-electron chi connectivity index (χ4n) is 17.7. The second-order valence-corrected chi connectivity index (χ2v) is 25.6. The lowest BCUT2D eigenvalue weighted by molar-refractivity contribution is -0.00527. The van der Waals surface area contributed by atoms with Crippen LogP contribution in [0.3, 0.4) is 0 Å². The van der Waals surface area contributed by atoms with Gasteiger partial charge >= 0.3 is 6.85 Å². The molecule has 8 bridgehead atoms. The zero-order valence-corrected chi connectivity index (χ0v) is 38.3. The zero-order valence-electron chi connectivity index (χ0n) is 38.3. The number of aryl methyl sites for hydroxylation is 1. The maximum atomic E-state index is 2.90. The molecule has 8 saturated carbocycles. The lowest BCUT2D eigenvalue weighted by Gasteiger charge is -2.57. The van der Waals surface area contributed by atoms with E-state index in [1.165, 1.54) is 160 Å². The van der Waals surface area contributed by atoms with Crippen molar-refractivity contribution in [2.75, 3.05) is 0 Å². The smallest absolute Gasteiger partial charge is 0.333 e. The quantitative estimate of drug-likeness (QED) is 0.154. The predicted octanol–water partition coefficient (Wildman–Crippen LogP) is 13.7. The lowest BCUT2D eigenvalue weighted by atomic mass is 9.45. The topological polar surface area (TPSA) is 9.86 Å². The van der Waals surface area contributed by atoms with Gasteiger partial charge < -0.3 is 9.05 Å². The highest BCUT2D eigenvalue weighted by Crippen LogP contribution is 2.63. The van der Waals surface area contributed by atoms with Crippen molar-refractivity contribution in [1.82, 2.24) is 9.05 Å². The molecule has 0 saturated heterocycles. The minimum atomic E-state index is 0.0112. The second-order valence-electron chi connectivity index (χ2n) is 25.6. The first kappa shape index (κ1) is 36.1. The molecule has 0 unspecified atom stereocenters. The van der Waals surface area contributed by atoms with E-state index in [1.807, 2.05) is 0 Å². The van der Waals surface area contributed by atoms with Crippen LogP contribution in [0.2, 0.25) is 0 Å². The van der Waals surface area contributed by atoms with Gasteiger partial charge in [0.1, 0.15) is 0 Å². The summed E-state index contributed by atoms with van der Waals surface area (Å²) < 4.78 is 5.61. The van der Waals surface area contributed by atoms with E-state index < -0.39 is 0 Å². The Morgan fingerprint density at radius 3 is 1.65 bits per heavy atom. The number of fused-ring (bicyclic) bond motifs is 10. The minimum Gasteiger partial charge on any atom is -0.375 e. The van der Waals surface area contributed by atoms with Gasteiger partial charge in [-0.2, -0.15) is 0 Å². The SMILES string of the molecule is Cc1cc2c3c(c1)-n1c4ccc(C(C)(C)C)cc4c4cc(C(C)(C)C)cc(c41)B3n1c3ccc(C45CC6CC(CC(C6)C4)C5)cc3c3cc(C45CC6CC(CC(C6)C4)C5)cc-2c31. The Bertz CT molecular complexity index is 3120. The van der Waals surface area contributed by atoms with Crippen molar-refractivity contribution in [3.05, 3.63) is 101 Å². The Balaban J connectivity index is 1.07. The fraction of sp³-hybridized carbons (Fsp3) is 0.492. The van der Waals surface area contributed by atoms with Crippen molar-refractivity contribution in [3.8, 4) is 16.8 Å². The molecule has 0 radical (unpaired) electrons. The molecule has 0 amide bonds. The Labute approximate surface area is 368 Å². The van der Waals surface area contributed by atoms with Crippen LogP contribution < -0.4 is 10.9 Å². The molecule has 8 fully saturated rings. The first-order chi connectivity index (χ1) is 29.7. The summed E-state index contributed by atoms with van der Waals surface area (Å²) in [6.45, 7) is 16.8. The van der Waals surface area contributed by atoms with E-state index >= 15 is 0 Å². The van der Waals surface area contributed by atoms with Gasteiger partial charge in [-0.3, -0.25) is 0 Å². The maximum absolute atomic E-state index is 2.90. The number of hydrogen-bond donors (Lipinski definition) is 0. The first-order valence-corrected chi connectivity index (χ1v) is 25.1. The summed E-state index contributed by atoms with van der Waals surface area (Å²) in [6, 6.07) is 31.5. The van der Waals surface area contributed by atoms with E-state index in [9.17, 15) is 0 Å². The summed E-state index contributed by atoms with van der Waals surface area (Å²) in [5.74, 6) is 5.59. The number of nitrogens with zero attached hydrogens (tertiary/aromatic N) is 2. The van der Waals surface area contributed by atoms with Gasteiger partial charge in [0.25, 0.3) is 0 Å². The Kier molecular flexibility index (Phi) is 6.61. The molecule has 62 heavy (non-hydrogen) atoms. The Morgan fingerprint density at radius 2 is 1.03 bits per heavy atom. The van der Waals surface area contributed by atoms with Crippen molar-refractivity contribution < 1.29 is 0 Å². The molecule has 5 aromatic carbocycles. The summed E-state index contributed by atoms with van der Waals surface area (Å²) in [6.07, 6.45) is 17.4. The van der Waals surface area contributed by atoms with E-state index in [4.69, 9.17) is 0 Å². The number of aromatic nitrogens is 2. The molecule has 2 nitrogen and oxygen atoms in total. The highest BCUT2D eigenvalue weighted by Gasteiger charge is 2.54. The largest absolute Gasteiger partial charge is 0.375 e. The molecule has 7 aromatic rings. The zero-order chi connectivity index (χ0) is 41.6. The molecular weight excluding hydrogens is 747 g/mol. The molecule has 0 N–H and O–H groups in total. The van der Waals surface area contributed by atoms with E-state index in [0.29, 0.717) is 10.8 Å². The second kappa shape index (κ2) is 11.3. The molecule has 2 aliphatic heterocycles. The van der Waals surface area contributed by atoms with Crippen LogP contribution in [0.1, 0.15) is 146 Å². The summed E-state index contributed by atoms with van der Waals surface area (Å²) >= 11 is 0. The molecular formula is C59H63BN2. The molecule has 0 atom stereocenters. The predicted molar refractivity (Wildman–Crippen MR) is 261 cm³/mol. The Hall–Kier alpha value is -4.24. The Morgan fingerprint density at radius 1 is 0.500 bits per heavy atom. The van der Waals surface area contributed by atoms with E-state index in [2.05, 4.69) is 130 Å². The molecule has 312 valence electrons. The molecule has 4 heterocycles. The van der Waals surface area contributed by atoms with Crippen LogP contribution >= 0.6 is 0 Å². The van der Waals surface area contributed by atoms with Crippen LogP contribution in [-0.2, 0) is 21.7 Å². The molecule has 8 aliphatic carbocycles. The molecule has 3 heteroatoms. The average molecular weight is 811 g/mol. The lowest BCUT2D eigenvalue weighted by Crippen LogP contribution is -2.55. The van der Waals surface area contributed by atoms with Gasteiger partial charge in [0.2, 0.25) is 0 Å². The van der Waals surface area contributed by atoms with Crippen LogP contribution in [-0.4, -0.2) is 15.9 Å². The van der Waals surface area contributed by atoms with Crippen molar-refractivity contribution >= 4 is 61.4 Å². The van der Waals surface area contributed by atoms with Crippen LogP contribution in [0.5, 0.6) is 0 Å². The van der Waals surface area contributed by atoms with Crippen molar-refractivity contribution in [2.24, 2.45) is 35.5 Å². The maximum Gasteiger partial charge on any atom is 0.333 e. The highest BCUT2D eigenvalue weighted by atomic mass is 15.0. The summed E-state index contributed by atoms with van der Waals surface area (Å²) in [4.78, 5) is 0. The van der Waals surface area contributed by atoms with Crippen molar-refractivity contribution in [2.45, 2.75) is 147 Å². The normalized spacial score (nSPS) is 31.1. The molecule has 10 aliphatic rings. The summed E-state index contributed by atoms with van der Waals surface area (Å²) in [5, 5.41) is 5.91. The third-order valence-corrected chi connectivity index (χ3v) is 19.5. The number of benzene rings is 5. The summed E-state index contributed by atoms with van der Waals surface area (Å²) in [7, 11) is 0. The molecule has 17 rings (SSSR count). The van der Waals surface area contributed by atoms with E-state index in [1.54, 1.807) is 16.5 Å².